The lowest BCUT2D eigenvalue weighted by Crippen LogP contribution is -2.45. The molecule has 0 aliphatic heterocycles. The Morgan fingerprint density at radius 3 is 1.29 bits per heavy atom. The lowest BCUT2D eigenvalue weighted by Gasteiger charge is -2.22. The smallest absolute Gasteiger partial charge is 0.305 e. The molecule has 0 aliphatic carbocycles. The van der Waals surface area contributed by atoms with E-state index in [1.54, 1.807) is 0 Å². The van der Waals surface area contributed by atoms with Crippen molar-refractivity contribution in [2.45, 2.75) is 296 Å². The van der Waals surface area contributed by atoms with E-state index in [0.29, 0.717) is 25.9 Å². The van der Waals surface area contributed by atoms with Crippen LogP contribution in [0.15, 0.2) is 36.5 Å². The number of hydrogen-bond acceptors (Lipinski definition) is 5. The Labute approximate surface area is 385 Å². The van der Waals surface area contributed by atoms with E-state index in [4.69, 9.17) is 4.74 Å². The number of carbonyl (C=O) groups is 2. The summed E-state index contributed by atoms with van der Waals surface area (Å²) in [7, 11) is 0. The third-order valence-electron chi connectivity index (χ3n) is 12.4. The fraction of sp³-hybridized carbons (Fsp3) is 0.857. The number of nitrogens with one attached hydrogen (secondary N) is 1. The quantitative estimate of drug-likeness (QED) is 0.0321. The van der Waals surface area contributed by atoms with E-state index in [-0.39, 0.29) is 18.5 Å². The number of unbranched alkanes of at least 4 members (excludes halogenated alkanes) is 33. The summed E-state index contributed by atoms with van der Waals surface area (Å²) in [6.07, 6.45) is 62.6. The molecule has 364 valence electrons. The van der Waals surface area contributed by atoms with Crippen LogP contribution >= 0.6 is 0 Å². The van der Waals surface area contributed by atoms with Gasteiger partial charge in [0.1, 0.15) is 0 Å². The molecule has 0 saturated carbocycles. The molecule has 0 fully saturated rings. The first kappa shape index (κ1) is 60.1. The lowest BCUT2D eigenvalue weighted by molar-refractivity contribution is -0.143. The second-order valence-corrected chi connectivity index (χ2v) is 18.6. The average molecular weight is 872 g/mol. The molecule has 0 heterocycles. The number of aliphatic hydroxyl groups is 2. The summed E-state index contributed by atoms with van der Waals surface area (Å²) in [5.41, 5.74) is 0. The number of rotatable bonds is 50. The standard InChI is InChI=1S/C56H105NO5/c1-3-5-7-9-11-13-15-17-24-28-32-36-40-44-48-54(59)53(52-58)57-55(60)49-45-41-37-33-29-25-22-20-19-21-23-27-31-35-39-43-47-51-62-56(61)50-46-42-38-34-30-26-18-16-14-12-10-8-6-4-2/h10,12,16,18-19,21,53-54,58-59H,3-9,11,13-15,17,20,22-52H2,1-2H3,(H,57,60)/b12-10-,18-16-,21-19-. The maximum absolute atomic E-state index is 12.4. The molecule has 0 aromatic rings. The second-order valence-electron chi connectivity index (χ2n) is 18.6. The van der Waals surface area contributed by atoms with Crippen molar-refractivity contribution in [2.75, 3.05) is 13.2 Å². The van der Waals surface area contributed by atoms with E-state index in [1.807, 2.05) is 0 Å². The van der Waals surface area contributed by atoms with Crippen LogP contribution in [0.1, 0.15) is 284 Å². The van der Waals surface area contributed by atoms with Crippen LogP contribution < -0.4 is 5.32 Å². The number of ether oxygens (including phenoxy) is 1. The molecule has 2 atom stereocenters. The fourth-order valence-electron chi connectivity index (χ4n) is 8.18. The van der Waals surface area contributed by atoms with Crippen molar-refractivity contribution in [3.63, 3.8) is 0 Å². The molecule has 6 heteroatoms. The van der Waals surface area contributed by atoms with Crippen molar-refractivity contribution in [3.8, 4) is 0 Å². The van der Waals surface area contributed by atoms with Crippen molar-refractivity contribution < 1.29 is 24.5 Å². The van der Waals surface area contributed by atoms with E-state index in [0.717, 1.165) is 64.2 Å². The first-order valence-corrected chi connectivity index (χ1v) is 27.2. The van der Waals surface area contributed by atoms with E-state index >= 15 is 0 Å². The molecule has 0 aromatic heterocycles. The van der Waals surface area contributed by atoms with E-state index in [9.17, 15) is 19.8 Å². The minimum absolute atomic E-state index is 0.0168. The van der Waals surface area contributed by atoms with Crippen molar-refractivity contribution in [2.24, 2.45) is 0 Å². The summed E-state index contributed by atoms with van der Waals surface area (Å²) in [6.45, 7) is 4.88. The molecule has 0 radical (unpaired) electrons. The third-order valence-corrected chi connectivity index (χ3v) is 12.4. The van der Waals surface area contributed by atoms with Crippen molar-refractivity contribution in [1.82, 2.24) is 5.32 Å². The van der Waals surface area contributed by atoms with E-state index in [2.05, 4.69) is 55.6 Å². The third kappa shape index (κ3) is 47.6. The number of aliphatic hydroxyl groups excluding tert-OH is 2. The van der Waals surface area contributed by atoms with Gasteiger partial charge in [0, 0.05) is 12.8 Å². The average Bonchev–Trinajstić information content (AvgIpc) is 3.27. The van der Waals surface area contributed by atoms with Gasteiger partial charge in [0.05, 0.1) is 25.4 Å². The summed E-state index contributed by atoms with van der Waals surface area (Å²) in [6, 6.07) is -0.550. The van der Waals surface area contributed by atoms with Gasteiger partial charge >= 0.3 is 5.97 Å². The van der Waals surface area contributed by atoms with Crippen molar-refractivity contribution >= 4 is 11.9 Å². The normalized spacial score (nSPS) is 12.9. The molecular formula is C56H105NO5. The van der Waals surface area contributed by atoms with Crippen LogP contribution in [0.3, 0.4) is 0 Å². The molecular weight excluding hydrogens is 767 g/mol. The molecule has 0 spiro atoms. The number of amides is 1. The predicted octanol–water partition coefficient (Wildman–Crippen LogP) is 16.5. The van der Waals surface area contributed by atoms with Crippen LogP contribution in [0, 0.1) is 0 Å². The van der Waals surface area contributed by atoms with Gasteiger partial charge in [0.25, 0.3) is 0 Å². The predicted molar refractivity (Wildman–Crippen MR) is 269 cm³/mol. The van der Waals surface area contributed by atoms with Gasteiger partial charge < -0.3 is 20.3 Å². The number of hydrogen-bond donors (Lipinski definition) is 3. The zero-order valence-electron chi connectivity index (χ0n) is 41.4. The Kier molecular flexibility index (Phi) is 50.1. The molecule has 0 bridgehead atoms. The van der Waals surface area contributed by atoms with Crippen LogP contribution in [-0.4, -0.2) is 47.4 Å². The van der Waals surface area contributed by atoms with Crippen molar-refractivity contribution in [1.29, 1.82) is 0 Å². The van der Waals surface area contributed by atoms with Gasteiger partial charge in [-0.05, 0) is 77.0 Å². The monoisotopic (exact) mass is 872 g/mol. The Bertz CT molecular complexity index is 1010. The highest BCUT2D eigenvalue weighted by atomic mass is 16.5. The van der Waals surface area contributed by atoms with Crippen molar-refractivity contribution in [3.05, 3.63) is 36.5 Å². The molecule has 0 aromatic carbocycles. The SMILES string of the molecule is CCCC/C=C\C/C=C\CCCCCCCC(=O)OCCCCCCCC/C=C\CCCCCCCCCC(=O)NC(CO)C(O)CCCCCCCCCCCCCCCC. The van der Waals surface area contributed by atoms with Crippen LogP contribution in [0.25, 0.3) is 0 Å². The van der Waals surface area contributed by atoms with Crippen LogP contribution in [0.4, 0.5) is 0 Å². The zero-order chi connectivity index (χ0) is 45.1. The van der Waals surface area contributed by atoms with Gasteiger partial charge in [-0.25, -0.2) is 0 Å². The number of carbonyl (C=O) groups excluding carboxylic acids is 2. The molecule has 6 nitrogen and oxygen atoms in total. The minimum Gasteiger partial charge on any atom is -0.466 e. The fourth-order valence-corrected chi connectivity index (χ4v) is 8.18. The molecule has 0 saturated heterocycles. The summed E-state index contributed by atoms with van der Waals surface area (Å²) in [5, 5.41) is 23.2. The van der Waals surface area contributed by atoms with E-state index in [1.165, 1.54) is 186 Å². The largest absolute Gasteiger partial charge is 0.466 e. The highest BCUT2D eigenvalue weighted by Gasteiger charge is 2.20. The van der Waals surface area contributed by atoms with Crippen LogP contribution in [0.5, 0.6) is 0 Å². The van der Waals surface area contributed by atoms with Gasteiger partial charge in [-0.15, -0.1) is 0 Å². The maximum atomic E-state index is 12.4. The van der Waals surface area contributed by atoms with Gasteiger partial charge in [-0.3, -0.25) is 9.59 Å². The summed E-state index contributed by atoms with van der Waals surface area (Å²) >= 11 is 0. The number of esters is 1. The van der Waals surface area contributed by atoms with Gasteiger partial charge in [-0.2, -0.15) is 0 Å². The second kappa shape index (κ2) is 51.7. The molecule has 62 heavy (non-hydrogen) atoms. The Morgan fingerprint density at radius 2 is 0.823 bits per heavy atom. The summed E-state index contributed by atoms with van der Waals surface area (Å²) in [4.78, 5) is 24.5. The highest BCUT2D eigenvalue weighted by Crippen LogP contribution is 2.16. The Hall–Kier alpha value is -1.92. The van der Waals surface area contributed by atoms with Gasteiger partial charge in [0.2, 0.25) is 5.91 Å². The topological polar surface area (TPSA) is 95.9 Å². The maximum Gasteiger partial charge on any atom is 0.305 e. The van der Waals surface area contributed by atoms with Crippen LogP contribution in [0.2, 0.25) is 0 Å². The molecule has 0 aliphatic rings. The molecule has 1 amide bonds. The molecule has 0 rings (SSSR count). The minimum atomic E-state index is -0.672. The summed E-state index contributed by atoms with van der Waals surface area (Å²) in [5.74, 6) is -0.0644. The zero-order valence-corrected chi connectivity index (χ0v) is 41.4. The van der Waals surface area contributed by atoms with E-state index < -0.39 is 12.1 Å². The Balaban J connectivity index is 3.47. The van der Waals surface area contributed by atoms with Gasteiger partial charge in [-0.1, -0.05) is 230 Å². The molecule has 2 unspecified atom stereocenters. The summed E-state index contributed by atoms with van der Waals surface area (Å²) < 4.78 is 5.45. The Morgan fingerprint density at radius 1 is 0.452 bits per heavy atom. The first-order valence-electron chi connectivity index (χ1n) is 27.2. The first-order chi connectivity index (χ1) is 30.5. The van der Waals surface area contributed by atoms with Crippen LogP contribution in [-0.2, 0) is 14.3 Å². The lowest BCUT2D eigenvalue weighted by atomic mass is 10.0. The molecule has 3 N–H and O–H groups in total. The highest BCUT2D eigenvalue weighted by molar-refractivity contribution is 5.76. The van der Waals surface area contributed by atoms with Gasteiger partial charge in [0.15, 0.2) is 0 Å². The number of allylic oxidation sites excluding steroid dienone is 6.